The minimum atomic E-state index is -0.575. The number of methoxy groups -OCH3 is 1. The molecule has 0 saturated carbocycles. The van der Waals surface area contributed by atoms with Crippen LogP contribution in [0.15, 0.2) is 11.1 Å². The number of hydrogen-bond donors (Lipinski definition) is 3. The normalized spacial score (nSPS) is 11.2. The Hall–Kier alpha value is -1.86. The fourth-order valence-corrected chi connectivity index (χ4v) is 2.42. The maximum absolute atomic E-state index is 12.1. The molecular formula is C13H18Cl2N4O3. The number of carbonyl (C=O) groups is 1. The maximum Gasteiger partial charge on any atom is 0.328 e. The number of phenolic OH excluding ortho intramolecular Hbond substituents is 1. The molecule has 4 N–H and O–H groups in total. The van der Waals surface area contributed by atoms with Gasteiger partial charge in [-0.2, -0.15) is 0 Å². The Morgan fingerprint density at radius 1 is 1.55 bits per heavy atom. The number of phenols is 1. The molecule has 0 radical (unpaired) electrons. The van der Waals surface area contributed by atoms with Gasteiger partial charge in [0.05, 0.1) is 17.8 Å². The van der Waals surface area contributed by atoms with Gasteiger partial charge in [0, 0.05) is 19.7 Å². The van der Waals surface area contributed by atoms with E-state index in [0.717, 1.165) is 11.3 Å². The quantitative estimate of drug-likeness (QED) is 0.574. The molecular weight excluding hydrogens is 331 g/mol. The van der Waals surface area contributed by atoms with Gasteiger partial charge in [-0.3, -0.25) is 15.2 Å². The lowest BCUT2D eigenvalue weighted by atomic mass is 10.2. The van der Waals surface area contributed by atoms with Crippen LogP contribution in [0.3, 0.4) is 0 Å². The number of anilines is 1. The highest BCUT2D eigenvalue weighted by Crippen LogP contribution is 2.45. The molecule has 1 rings (SSSR count). The van der Waals surface area contributed by atoms with E-state index in [4.69, 9.17) is 33.7 Å². The smallest absolute Gasteiger partial charge is 0.328 e. The second kappa shape index (κ2) is 7.95. The van der Waals surface area contributed by atoms with Gasteiger partial charge in [0.15, 0.2) is 17.5 Å². The molecule has 0 atom stereocenters. The van der Waals surface area contributed by atoms with Crippen LogP contribution in [-0.4, -0.2) is 37.8 Å². The molecule has 1 aromatic carbocycles. The van der Waals surface area contributed by atoms with Crippen molar-refractivity contribution < 1.29 is 14.6 Å². The average Bonchev–Trinajstić information content (AvgIpc) is 2.44. The van der Waals surface area contributed by atoms with Crippen molar-refractivity contribution in [3.05, 3.63) is 16.1 Å². The molecule has 0 heterocycles. The van der Waals surface area contributed by atoms with Crippen LogP contribution in [0.1, 0.15) is 13.3 Å². The number of urea groups is 1. The monoisotopic (exact) mass is 348 g/mol. The molecule has 1 aromatic rings. The van der Waals surface area contributed by atoms with Gasteiger partial charge in [-0.15, -0.1) is 0 Å². The number of benzene rings is 1. The Morgan fingerprint density at radius 3 is 2.73 bits per heavy atom. The van der Waals surface area contributed by atoms with Crippen LogP contribution in [0, 0.1) is 0 Å². The van der Waals surface area contributed by atoms with E-state index in [9.17, 15) is 9.90 Å². The van der Waals surface area contributed by atoms with E-state index in [2.05, 4.69) is 10.3 Å². The summed E-state index contributed by atoms with van der Waals surface area (Å²) in [5, 5.41) is 12.2. The maximum atomic E-state index is 12.1. The number of guanidine groups is 1. The predicted octanol–water partition coefficient (Wildman–Crippen LogP) is 2.58. The zero-order chi connectivity index (χ0) is 16.9. The number of aliphatic imine (C=N–C) groups is 1. The van der Waals surface area contributed by atoms with Gasteiger partial charge in [0.1, 0.15) is 5.02 Å². The van der Waals surface area contributed by atoms with Crippen LogP contribution in [-0.2, 0) is 0 Å². The van der Waals surface area contributed by atoms with Crippen molar-refractivity contribution >= 4 is 40.9 Å². The van der Waals surface area contributed by atoms with E-state index in [1.54, 1.807) is 0 Å². The topological polar surface area (TPSA) is 100 Å². The SMILES string of the molecule is CCCN=C(N)NC(=O)N(C)c1c(Cl)cc(O)c(OC)c1Cl. The van der Waals surface area contributed by atoms with Gasteiger partial charge in [0.25, 0.3) is 0 Å². The number of nitrogens with two attached hydrogens (primary N) is 1. The lowest BCUT2D eigenvalue weighted by Gasteiger charge is -2.22. The Kier molecular flexibility index (Phi) is 6.58. The highest BCUT2D eigenvalue weighted by Gasteiger charge is 2.23. The van der Waals surface area contributed by atoms with Gasteiger partial charge in [-0.25, -0.2) is 4.79 Å². The second-order valence-corrected chi connectivity index (χ2v) is 5.11. The third-order valence-corrected chi connectivity index (χ3v) is 3.35. The van der Waals surface area contributed by atoms with Crippen molar-refractivity contribution in [1.29, 1.82) is 0 Å². The van der Waals surface area contributed by atoms with E-state index in [1.165, 1.54) is 20.2 Å². The van der Waals surface area contributed by atoms with Crippen LogP contribution in [0.2, 0.25) is 10.0 Å². The third kappa shape index (κ3) is 4.08. The van der Waals surface area contributed by atoms with Crippen LogP contribution in [0.4, 0.5) is 10.5 Å². The average molecular weight is 349 g/mol. The summed E-state index contributed by atoms with van der Waals surface area (Å²) in [5.74, 6) is -0.205. The number of carbonyl (C=O) groups excluding carboxylic acids is 1. The van der Waals surface area contributed by atoms with Gasteiger partial charge in [-0.1, -0.05) is 30.1 Å². The Balaban J connectivity index is 3.07. The number of rotatable bonds is 4. The molecule has 0 bridgehead atoms. The molecule has 0 aliphatic heterocycles. The third-order valence-electron chi connectivity index (χ3n) is 2.71. The molecule has 0 spiro atoms. The Bertz CT molecular complexity index is 593. The van der Waals surface area contributed by atoms with Crippen molar-refractivity contribution in [2.75, 3.05) is 25.6 Å². The summed E-state index contributed by atoms with van der Waals surface area (Å²) in [6.45, 7) is 2.44. The first-order valence-electron chi connectivity index (χ1n) is 6.43. The minimum absolute atomic E-state index is 0.00307. The number of nitrogens with one attached hydrogen (secondary N) is 1. The van der Waals surface area contributed by atoms with Gasteiger partial charge >= 0.3 is 6.03 Å². The van der Waals surface area contributed by atoms with Gasteiger partial charge in [0.2, 0.25) is 0 Å². The molecule has 0 saturated heterocycles. The van der Waals surface area contributed by atoms with Crippen LogP contribution < -0.4 is 20.7 Å². The number of nitrogens with zero attached hydrogens (tertiary/aromatic N) is 2. The first kappa shape index (κ1) is 18.2. The first-order chi connectivity index (χ1) is 10.3. The van der Waals surface area contributed by atoms with Crippen molar-refractivity contribution in [3.8, 4) is 11.5 Å². The van der Waals surface area contributed by atoms with E-state index in [0.29, 0.717) is 6.54 Å². The Labute approximate surface area is 138 Å². The van der Waals surface area contributed by atoms with Gasteiger partial charge in [-0.05, 0) is 6.42 Å². The van der Waals surface area contributed by atoms with Crippen molar-refractivity contribution in [2.24, 2.45) is 10.7 Å². The fraction of sp³-hybridized carbons (Fsp3) is 0.385. The molecule has 2 amide bonds. The van der Waals surface area contributed by atoms with Crippen molar-refractivity contribution in [1.82, 2.24) is 5.32 Å². The standard InChI is InChI=1S/C13H18Cl2N4O3/c1-4-5-17-12(16)18-13(21)19(2)10-7(14)6-8(20)11(22-3)9(10)15/h6,20H,4-5H2,1-3H3,(H3,16,17,18,21). The number of ether oxygens (including phenoxy) is 1. The summed E-state index contributed by atoms with van der Waals surface area (Å²) < 4.78 is 4.99. The highest BCUT2D eigenvalue weighted by molar-refractivity contribution is 6.41. The summed E-state index contributed by atoms with van der Waals surface area (Å²) in [7, 11) is 2.79. The lowest BCUT2D eigenvalue weighted by Crippen LogP contribution is -2.44. The molecule has 0 fully saturated rings. The molecule has 9 heteroatoms. The summed E-state index contributed by atoms with van der Waals surface area (Å²) >= 11 is 12.2. The molecule has 0 unspecified atom stereocenters. The number of amides is 2. The molecule has 122 valence electrons. The van der Waals surface area contributed by atoms with E-state index >= 15 is 0 Å². The zero-order valence-electron chi connectivity index (χ0n) is 12.5. The van der Waals surface area contributed by atoms with Gasteiger partial charge < -0.3 is 15.6 Å². The molecule has 7 nitrogen and oxygen atoms in total. The summed E-state index contributed by atoms with van der Waals surface area (Å²) in [6.07, 6.45) is 0.805. The van der Waals surface area contributed by atoms with Crippen molar-refractivity contribution in [3.63, 3.8) is 0 Å². The molecule has 22 heavy (non-hydrogen) atoms. The number of hydrogen-bond acceptors (Lipinski definition) is 4. The van der Waals surface area contributed by atoms with Crippen LogP contribution in [0.25, 0.3) is 0 Å². The van der Waals surface area contributed by atoms with Crippen LogP contribution >= 0.6 is 23.2 Å². The molecule has 0 aliphatic rings. The van der Waals surface area contributed by atoms with E-state index < -0.39 is 6.03 Å². The Morgan fingerprint density at radius 2 is 2.18 bits per heavy atom. The van der Waals surface area contributed by atoms with Crippen molar-refractivity contribution in [2.45, 2.75) is 13.3 Å². The van der Waals surface area contributed by atoms with E-state index in [1.807, 2.05) is 6.92 Å². The largest absolute Gasteiger partial charge is 0.504 e. The fourth-order valence-electron chi connectivity index (χ4n) is 1.65. The number of aromatic hydroxyl groups is 1. The molecule has 0 aromatic heterocycles. The number of halogens is 2. The van der Waals surface area contributed by atoms with Crippen LogP contribution in [0.5, 0.6) is 11.5 Å². The molecule has 0 aliphatic carbocycles. The lowest BCUT2D eigenvalue weighted by molar-refractivity contribution is 0.251. The van der Waals surface area contributed by atoms with E-state index in [-0.39, 0.29) is 33.2 Å². The zero-order valence-corrected chi connectivity index (χ0v) is 14.0. The minimum Gasteiger partial charge on any atom is -0.504 e. The summed E-state index contributed by atoms with van der Waals surface area (Å²) in [5.41, 5.74) is 5.77. The highest BCUT2D eigenvalue weighted by atomic mass is 35.5. The summed E-state index contributed by atoms with van der Waals surface area (Å²) in [6, 6.07) is 0.661. The predicted molar refractivity (Wildman–Crippen MR) is 88.4 cm³/mol. The first-order valence-corrected chi connectivity index (χ1v) is 7.18. The summed E-state index contributed by atoms with van der Waals surface area (Å²) in [4.78, 5) is 17.2. The second-order valence-electron chi connectivity index (χ2n) is 4.33.